The van der Waals surface area contributed by atoms with Crippen molar-refractivity contribution in [1.29, 1.82) is 0 Å². The van der Waals surface area contributed by atoms with Crippen molar-refractivity contribution in [3.05, 3.63) is 36.8 Å². The van der Waals surface area contributed by atoms with Gasteiger partial charge in [0, 0.05) is 30.9 Å². The summed E-state index contributed by atoms with van der Waals surface area (Å²) in [5.74, 6) is 2.42. The van der Waals surface area contributed by atoms with E-state index in [1.165, 1.54) is 6.33 Å². The minimum absolute atomic E-state index is 0.0528. The van der Waals surface area contributed by atoms with Gasteiger partial charge in [-0.2, -0.15) is 5.10 Å². The van der Waals surface area contributed by atoms with Gasteiger partial charge in [0.25, 0.3) is 0 Å². The van der Waals surface area contributed by atoms with Crippen molar-refractivity contribution in [2.24, 2.45) is 5.92 Å². The lowest BCUT2D eigenvalue weighted by Crippen LogP contribution is -2.42. The maximum absolute atomic E-state index is 12.1. The van der Waals surface area contributed by atoms with Crippen molar-refractivity contribution in [3.8, 4) is 22.6 Å². The molecule has 3 aromatic rings. The molecule has 2 aliphatic rings. The van der Waals surface area contributed by atoms with E-state index in [4.69, 9.17) is 9.72 Å². The zero-order valence-corrected chi connectivity index (χ0v) is 15.8. The highest BCUT2D eigenvalue weighted by molar-refractivity contribution is 5.99. The van der Waals surface area contributed by atoms with Gasteiger partial charge in [-0.3, -0.25) is 9.89 Å². The molecule has 0 bridgehead atoms. The Balaban J connectivity index is 1.42. The number of carbonyl (C=O) groups is 1. The highest BCUT2D eigenvalue weighted by atomic mass is 16.5. The molecule has 0 spiro atoms. The summed E-state index contributed by atoms with van der Waals surface area (Å²) in [6.45, 7) is 2.64. The first-order valence-electron chi connectivity index (χ1n) is 9.72. The molecule has 5 rings (SSSR count). The van der Waals surface area contributed by atoms with Crippen molar-refractivity contribution >= 4 is 17.5 Å². The summed E-state index contributed by atoms with van der Waals surface area (Å²) in [7, 11) is 0. The van der Waals surface area contributed by atoms with Gasteiger partial charge >= 0.3 is 0 Å². The summed E-state index contributed by atoms with van der Waals surface area (Å²) in [5.41, 5.74) is 2.66. The predicted octanol–water partition coefficient (Wildman–Crippen LogP) is 2.11. The summed E-state index contributed by atoms with van der Waals surface area (Å²) in [6.07, 6.45) is 5.19. The third-order valence-electron chi connectivity index (χ3n) is 5.33. The maximum atomic E-state index is 12.1. The molecule has 29 heavy (non-hydrogen) atoms. The van der Waals surface area contributed by atoms with Crippen LogP contribution >= 0.6 is 0 Å². The molecule has 2 aliphatic heterocycles. The molecule has 0 radical (unpaired) electrons. The summed E-state index contributed by atoms with van der Waals surface area (Å²) >= 11 is 0. The van der Waals surface area contributed by atoms with Gasteiger partial charge in [0.15, 0.2) is 17.5 Å². The van der Waals surface area contributed by atoms with E-state index in [9.17, 15) is 4.79 Å². The van der Waals surface area contributed by atoms with Crippen molar-refractivity contribution in [2.45, 2.75) is 12.8 Å². The third kappa shape index (κ3) is 3.68. The molecule has 0 unspecified atom stereocenters. The second-order valence-electron chi connectivity index (χ2n) is 7.32. The van der Waals surface area contributed by atoms with Gasteiger partial charge in [0.05, 0.1) is 18.4 Å². The molecule has 1 fully saturated rings. The van der Waals surface area contributed by atoms with Crippen LogP contribution in [0, 0.1) is 5.92 Å². The number of carbonyl (C=O) groups excluding carboxylic acids is 1. The number of fused-ring (bicyclic) bond motifs is 1. The summed E-state index contributed by atoms with van der Waals surface area (Å²) in [4.78, 5) is 27.6. The lowest BCUT2D eigenvalue weighted by atomic mass is 9.99. The fourth-order valence-electron chi connectivity index (χ4n) is 3.78. The molecule has 148 valence electrons. The van der Waals surface area contributed by atoms with Crippen LogP contribution in [0.25, 0.3) is 22.6 Å². The fraction of sp³-hybridized carbons (Fsp3) is 0.350. The van der Waals surface area contributed by atoms with Crippen LogP contribution in [0.3, 0.4) is 0 Å². The van der Waals surface area contributed by atoms with Gasteiger partial charge in [-0.05, 0) is 18.8 Å². The first kappa shape index (κ1) is 17.7. The monoisotopic (exact) mass is 391 g/mol. The van der Waals surface area contributed by atoms with E-state index in [-0.39, 0.29) is 5.91 Å². The molecular formula is C20H21N7O2. The van der Waals surface area contributed by atoms with E-state index in [2.05, 4.69) is 25.5 Å². The first-order chi connectivity index (χ1) is 14.3. The Morgan fingerprint density at radius 3 is 2.66 bits per heavy atom. The van der Waals surface area contributed by atoms with E-state index in [0.29, 0.717) is 18.3 Å². The number of ether oxygens (including phenoxy) is 1. The topological polar surface area (TPSA) is 109 Å². The Kier molecular flexibility index (Phi) is 4.65. The van der Waals surface area contributed by atoms with E-state index >= 15 is 0 Å². The number of benzene rings is 1. The van der Waals surface area contributed by atoms with Gasteiger partial charge in [0.1, 0.15) is 6.33 Å². The first-order valence-corrected chi connectivity index (χ1v) is 9.72. The number of H-pyrrole nitrogens is 1. The third-order valence-corrected chi connectivity index (χ3v) is 5.33. The molecular weight excluding hydrogens is 370 g/mol. The molecule has 0 atom stereocenters. The van der Waals surface area contributed by atoms with Crippen LogP contribution in [0.4, 0.5) is 11.6 Å². The van der Waals surface area contributed by atoms with Gasteiger partial charge in [-0.25, -0.2) is 15.0 Å². The highest BCUT2D eigenvalue weighted by Crippen LogP contribution is 2.30. The largest absolute Gasteiger partial charge is 0.381 e. The van der Waals surface area contributed by atoms with Crippen molar-refractivity contribution in [3.63, 3.8) is 0 Å². The average molecular weight is 391 g/mol. The SMILES string of the molecule is O=C1CN(CC2CCOCC2)c2nc(-c3ccc(-c4ncn[nH]4)cc3)cnc2N1. The number of amides is 1. The van der Waals surface area contributed by atoms with Crippen LogP contribution in [0.15, 0.2) is 36.8 Å². The minimum atomic E-state index is -0.0528. The van der Waals surface area contributed by atoms with E-state index in [1.54, 1.807) is 6.20 Å². The lowest BCUT2D eigenvalue weighted by Gasteiger charge is -2.33. The van der Waals surface area contributed by atoms with E-state index in [0.717, 1.165) is 61.1 Å². The van der Waals surface area contributed by atoms with Crippen molar-refractivity contribution in [1.82, 2.24) is 25.1 Å². The highest BCUT2D eigenvalue weighted by Gasteiger charge is 2.28. The predicted molar refractivity (Wildman–Crippen MR) is 107 cm³/mol. The second-order valence-corrected chi connectivity index (χ2v) is 7.32. The number of anilines is 2. The Hall–Kier alpha value is -3.33. The number of hydrogen-bond donors (Lipinski definition) is 2. The number of hydrogen-bond acceptors (Lipinski definition) is 7. The Morgan fingerprint density at radius 2 is 1.90 bits per heavy atom. The Morgan fingerprint density at radius 1 is 1.10 bits per heavy atom. The molecule has 2 aromatic heterocycles. The molecule has 1 aromatic carbocycles. The van der Waals surface area contributed by atoms with Crippen molar-refractivity contribution < 1.29 is 9.53 Å². The van der Waals surface area contributed by atoms with Gasteiger partial charge in [-0.15, -0.1) is 0 Å². The average Bonchev–Trinajstić information content (AvgIpc) is 3.29. The second kappa shape index (κ2) is 7.59. The van der Waals surface area contributed by atoms with Crippen LogP contribution in [-0.2, 0) is 9.53 Å². The van der Waals surface area contributed by atoms with Gasteiger partial charge < -0.3 is 15.0 Å². The molecule has 1 saturated heterocycles. The smallest absolute Gasteiger partial charge is 0.245 e. The summed E-state index contributed by atoms with van der Waals surface area (Å²) < 4.78 is 5.46. The maximum Gasteiger partial charge on any atom is 0.245 e. The normalized spacial score (nSPS) is 17.1. The fourth-order valence-corrected chi connectivity index (χ4v) is 3.78. The quantitative estimate of drug-likeness (QED) is 0.701. The Bertz CT molecular complexity index is 998. The summed E-state index contributed by atoms with van der Waals surface area (Å²) in [5, 5.41) is 9.58. The molecule has 9 heteroatoms. The molecule has 0 aliphatic carbocycles. The lowest BCUT2D eigenvalue weighted by molar-refractivity contribution is -0.115. The van der Waals surface area contributed by atoms with Crippen LogP contribution in [0.1, 0.15) is 12.8 Å². The number of nitrogens with one attached hydrogen (secondary N) is 2. The number of aromatic nitrogens is 5. The van der Waals surface area contributed by atoms with Gasteiger partial charge in [-0.1, -0.05) is 24.3 Å². The molecule has 1 amide bonds. The van der Waals surface area contributed by atoms with Crippen LogP contribution < -0.4 is 10.2 Å². The minimum Gasteiger partial charge on any atom is -0.381 e. The molecule has 2 N–H and O–H groups in total. The van der Waals surface area contributed by atoms with Crippen LogP contribution in [0.5, 0.6) is 0 Å². The zero-order valence-electron chi connectivity index (χ0n) is 15.8. The van der Waals surface area contributed by atoms with Gasteiger partial charge in [0.2, 0.25) is 5.91 Å². The standard InChI is InChI=1S/C20H21N7O2/c28-17-11-27(10-13-5-7-29-8-6-13)20-19(25-17)21-9-16(24-20)14-1-3-15(4-2-14)18-22-12-23-26-18/h1-4,9,12-13H,5-8,10-11H2,(H,21,25,28)(H,22,23,26). The van der Waals surface area contributed by atoms with E-state index < -0.39 is 0 Å². The Labute approximate surface area is 167 Å². The zero-order chi connectivity index (χ0) is 19.6. The van der Waals surface area contributed by atoms with Crippen LogP contribution in [-0.4, -0.2) is 57.4 Å². The molecule has 9 nitrogen and oxygen atoms in total. The number of nitrogens with zero attached hydrogens (tertiary/aromatic N) is 5. The molecule has 0 saturated carbocycles. The molecule has 4 heterocycles. The van der Waals surface area contributed by atoms with Crippen LogP contribution in [0.2, 0.25) is 0 Å². The number of rotatable bonds is 4. The number of aromatic amines is 1. The summed E-state index contributed by atoms with van der Waals surface area (Å²) in [6, 6.07) is 7.91. The van der Waals surface area contributed by atoms with Crippen molar-refractivity contribution in [2.75, 3.05) is 36.5 Å². The van der Waals surface area contributed by atoms with E-state index in [1.807, 2.05) is 29.2 Å².